The summed E-state index contributed by atoms with van der Waals surface area (Å²) < 4.78 is 3.15. The molecule has 0 aliphatic heterocycles. The second-order valence-corrected chi connectivity index (χ2v) is 4.93. The monoisotopic (exact) mass is 299 g/mol. The molecule has 0 fully saturated rings. The molecule has 2 aromatic heterocycles. The molecule has 2 heterocycles. The maximum atomic E-state index is 4.21. The van der Waals surface area contributed by atoms with E-state index in [1.54, 1.807) is 23.5 Å². The maximum absolute atomic E-state index is 4.21. The van der Waals surface area contributed by atoms with Gasteiger partial charge in [-0.25, -0.2) is 14.8 Å². The zero-order valence-corrected chi connectivity index (χ0v) is 12.5. The third kappa shape index (κ3) is 3.23. The molecule has 0 atom stereocenters. The standard InChI is InChI=1S/C8H13N9S2/c1-16-5(9-7(13-16)18-3)11-15-12-6-10-8(19-4)14-17(6)2/h1-4H3,(H,9,10,11,12,13,14). The molecule has 2 rings (SSSR count). The van der Waals surface area contributed by atoms with E-state index in [-0.39, 0.29) is 0 Å². The van der Waals surface area contributed by atoms with Crippen molar-refractivity contribution < 1.29 is 0 Å². The van der Waals surface area contributed by atoms with Gasteiger partial charge in [-0.2, -0.15) is 9.97 Å². The third-order valence-corrected chi connectivity index (χ3v) is 3.20. The van der Waals surface area contributed by atoms with Gasteiger partial charge in [-0.1, -0.05) is 33.9 Å². The van der Waals surface area contributed by atoms with E-state index in [4.69, 9.17) is 0 Å². The SMILES string of the molecule is CSc1nc(N=NNc2nc(SC)nn2C)n(C)n1. The molecule has 0 spiro atoms. The van der Waals surface area contributed by atoms with E-state index in [2.05, 4.69) is 35.9 Å². The fourth-order valence-corrected chi connectivity index (χ4v) is 1.95. The lowest BCUT2D eigenvalue weighted by Crippen LogP contribution is -1.98. The van der Waals surface area contributed by atoms with Gasteiger partial charge in [-0.15, -0.1) is 10.2 Å². The van der Waals surface area contributed by atoms with Crippen molar-refractivity contribution in [3.8, 4) is 0 Å². The molecule has 0 radical (unpaired) electrons. The van der Waals surface area contributed by atoms with E-state index in [1.807, 2.05) is 12.5 Å². The zero-order chi connectivity index (χ0) is 13.8. The second-order valence-electron chi connectivity index (χ2n) is 3.38. The summed E-state index contributed by atoms with van der Waals surface area (Å²) in [5.74, 6) is 0.935. The van der Waals surface area contributed by atoms with Gasteiger partial charge in [0.05, 0.1) is 0 Å². The minimum atomic E-state index is 0.420. The van der Waals surface area contributed by atoms with Crippen LogP contribution in [0.4, 0.5) is 11.9 Å². The highest BCUT2D eigenvalue weighted by Gasteiger charge is 2.06. The van der Waals surface area contributed by atoms with Crippen LogP contribution in [0.3, 0.4) is 0 Å². The van der Waals surface area contributed by atoms with Crippen LogP contribution in [0.25, 0.3) is 0 Å². The van der Waals surface area contributed by atoms with Crippen LogP contribution >= 0.6 is 23.5 Å². The van der Waals surface area contributed by atoms with Crippen LogP contribution in [0.15, 0.2) is 20.7 Å². The van der Waals surface area contributed by atoms with Crippen LogP contribution in [0.1, 0.15) is 0 Å². The molecular weight excluding hydrogens is 286 g/mol. The highest BCUT2D eigenvalue weighted by atomic mass is 32.2. The molecule has 0 saturated heterocycles. The molecule has 2 aromatic rings. The number of hydrogen-bond acceptors (Lipinski definition) is 8. The molecule has 0 aromatic carbocycles. The van der Waals surface area contributed by atoms with Crippen LogP contribution in [-0.2, 0) is 14.1 Å². The summed E-state index contributed by atoms with van der Waals surface area (Å²) >= 11 is 2.91. The lowest BCUT2D eigenvalue weighted by Gasteiger charge is -1.95. The molecule has 1 N–H and O–H groups in total. The molecule has 0 aliphatic rings. The van der Waals surface area contributed by atoms with E-state index >= 15 is 0 Å². The van der Waals surface area contributed by atoms with E-state index < -0.39 is 0 Å². The van der Waals surface area contributed by atoms with Crippen LogP contribution in [0.2, 0.25) is 0 Å². The Morgan fingerprint density at radius 1 is 1.00 bits per heavy atom. The van der Waals surface area contributed by atoms with Gasteiger partial charge in [0.25, 0.3) is 5.95 Å². The Bertz CT molecular complexity index is 587. The Labute approximate surface area is 118 Å². The summed E-state index contributed by atoms with van der Waals surface area (Å²) in [6.45, 7) is 0. The van der Waals surface area contributed by atoms with Gasteiger partial charge >= 0.3 is 0 Å². The maximum Gasteiger partial charge on any atom is 0.269 e. The minimum absolute atomic E-state index is 0.420. The lowest BCUT2D eigenvalue weighted by atomic mass is 11.0. The first kappa shape index (κ1) is 13.8. The molecule has 0 amide bonds. The summed E-state index contributed by atoms with van der Waals surface area (Å²) in [6.07, 6.45) is 3.81. The van der Waals surface area contributed by atoms with E-state index in [9.17, 15) is 0 Å². The van der Waals surface area contributed by atoms with Gasteiger partial charge in [-0.3, -0.25) is 0 Å². The number of aromatic nitrogens is 6. The average Bonchev–Trinajstić information content (AvgIpc) is 2.94. The predicted molar refractivity (Wildman–Crippen MR) is 73.7 cm³/mol. The molecule has 0 aliphatic carbocycles. The van der Waals surface area contributed by atoms with Gasteiger partial charge in [0.1, 0.15) is 0 Å². The Hall–Kier alpha value is -1.62. The predicted octanol–water partition coefficient (Wildman–Crippen LogP) is 1.50. The van der Waals surface area contributed by atoms with E-state index in [0.717, 1.165) is 0 Å². The van der Waals surface area contributed by atoms with E-state index in [0.29, 0.717) is 22.2 Å². The van der Waals surface area contributed by atoms with Crippen molar-refractivity contribution in [1.29, 1.82) is 0 Å². The van der Waals surface area contributed by atoms with Crippen LogP contribution in [0, 0.1) is 0 Å². The van der Waals surface area contributed by atoms with Crippen molar-refractivity contribution in [2.24, 2.45) is 24.4 Å². The molecule has 0 saturated carbocycles. The van der Waals surface area contributed by atoms with Crippen LogP contribution < -0.4 is 5.43 Å². The van der Waals surface area contributed by atoms with Gasteiger partial charge in [0.15, 0.2) is 0 Å². The first-order valence-corrected chi connectivity index (χ1v) is 7.65. The highest BCUT2D eigenvalue weighted by molar-refractivity contribution is 7.98. The topological polar surface area (TPSA) is 98.2 Å². The molecule has 11 heteroatoms. The molecule has 102 valence electrons. The number of rotatable bonds is 5. The number of nitrogens with zero attached hydrogens (tertiary/aromatic N) is 8. The Balaban J connectivity index is 2.06. The number of anilines is 1. The fraction of sp³-hybridized carbons (Fsp3) is 0.500. The largest absolute Gasteiger partial charge is 0.269 e. The van der Waals surface area contributed by atoms with Gasteiger partial charge in [-0.05, 0) is 12.5 Å². The van der Waals surface area contributed by atoms with Crippen molar-refractivity contribution in [3.05, 3.63) is 0 Å². The summed E-state index contributed by atoms with van der Waals surface area (Å²) in [4.78, 5) is 8.38. The average molecular weight is 299 g/mol. The number of thioether (sulfide) groups is 2. The van der Waals surface area contributed by atoms with Crippen LogP contribution in [-0.4, -0.2) is 42.0 Å². The summed E-state index contributed by atoms with van der Waals surface area (Å²) in [5, 5.41) is 17.4. The molecule has 19 heavy (non-hydrogen) atoms. The van der Waals surface area contributed by atoms with Crippen molar-refractivity contribution in [2.75, 3.05) is 17.9 Å². The number of nitrogens with one attached hydrogen (secondary N) is 1. The quantitative estimate of drug-likeness (QED) is 0.507. The lowest BCUT2D eigenvalue weighted by molar-refractivity contribution is 0.729. The summed E-state index contributed by atoms with van der Waals surface area (Å²) in [6, 6.07) is 0. The highest BCUT2D eigenvalue weighted by Crippen LogP contribution is 2.15. The summed E-state index contributed by atoms with van der Waals surface area (Å²) in [7, 11) is 3.54. The molecule has 9 nitrogen and oxygen atoms in total. The van der Waals surface area contributed by atoms with Gasteiger partial charge in [0.2, 0.25) is 16.3 Å². The fourth-order valence-electron chi connectivity index (χ4n) is 1.19. The third-order valence-electron chi connectivity index (χ3n) is 2.12. The molecule has 0 bridgehead atoms. The second kappa shape index (κ2) is 6.02. The normalized spacial score (nSPS) is 11.4. The van der Waals surface area contributed by atoms with Crippen LogP contribution in [0.5, 0.6) is 0 Å². The van der Waals surface area contributed by atoms with Gasteiger partial charge < -0.3 is 0 Å². The molecule has 0 unspecified atom stereocenters. The Morgan fingerprint density at radius 2 is 1.63 bits per heavy atom. The zero-order valence-electron chi connectivity index (χ0n) is 10.9. The molecular formula is C8H13N9S2. The van der Waals surface area contributed by atoms with Crippen molar-refractivity contribution >= 4 is 35.4 Å². The number of hydrogen-bond donors (Lipinski definition) is 1. The Kier molecular flexibility index (Phi) is 4.37. The van der Waals surface area contributed by atoms with Gasteiger partial charge in [0, 0.05) is 14.1 Å². The number of aryl methyl sites for hydroxylation is 2. The summed E-state index contributed by atoms with van der Waals surface area (Å²) in [5.41, 5.74) is 2.72. The first-order chi connectivity index (χ1) is 9.13. The van der Waals surface area contributed by atoms with Crippen molar-refractivity contribution in [2.45, 2.75) is 10.3 Å². The van der Waals surface area contributed by atoms with E-state index in [1.165, 1.54) is 23.5 Å². The van der Waals surface area contributed by atoms with Crippen molar-refractivity contribution in [3.63, 3.8) is 0 Å². The smallest absolute Gasteiger partial charge is 0.233 e. The minimum Gasteiger partial charge on any atom is -0.233 e. The first-order valence-electron chi connectivity index (χ1n) is 5.21. The Morgan fingerprint density at radius 3 is 2.21 bits per heavy atom. The van der Waals surface area contributed by atoms with Crippen molar-refractivity contribution in [1.82, 2.24) is 29.5 Å².